The van der Waals surface area contributed by atoms with Crippen LogP contribution in [0.3, 0.4) is 0 Å². The van der Waals surface area contributed by atoms with Crippen molar-refractivity contribution >= 4 is 11.6 Å². The van der Waals surface area contributed by atoms with E-state index in [1.54, 1.807) is 12.1 Å². The molecule has 0 saturated carbocycles. The van der Waals surface area contributed by atoms with Gasteiger partial charge in [0.2, 0.25) is 5.91 Å². The number of carbonyl (C=O) groups is 1. The Hall–Kier alpha value is -2.43. The second-order valence-corrected chi connectivity index (χ2v) is 3.54. The van der Waals surface area contributed by atoms with Crippen molar-refractivity contribution in [3.05, 3.63) is 46.9 Å². The molecule has 2 rings (SSSR count). The lowest BCUT2D eigenvalue weighted by atomic mass is 10.1. The molecule has 0 aliphatic carbocycles. The van der Waals surface area contributed by atoms with Gasteiger partial charge in [-0.05, 0) is 5.56 Å². The van der Waals surface area contributed by atoms with Gasteiger partial charge in [0.1, 0.15) is 0 Å². The van der Waals surface area contributed by atoms with E-state index in [0.717, 1.165) is 5.56 Å². The van der Waals surface area contributed by atoms with Crippen molar-refractivity contribution in [1.82, 2.24) is 10.2 Å². The highest BCUT2D eigenvalue weighted by Gasteiger charge is 2.10. The summed E-state index contributed by atoms with van der Waals surface area (Å²) in [6.45, 7) is 1.38. The number of nitrogens with zero attached hydrogens (tertiary/aromatic N) is 1. The van der Waals surface area contributed by atoms with Gasteiger partial charge in [0, 0.05) is 6.92 Å². The van der Waals surface area contributed by atoms with Crippen LogP contribution in [0.5, 0.6) is 0 Å². The highest BCUT2D eigenvalue weighted by molar-refractivity contribution is 5.93. The molecule has 1 amide bonds. The molecule has 0 saturated heterocycles. The number of benzene rings is 1. The fraction of sp³-hybridized carbons (Fsp3) is 0.0833. The Morgan fingerprint density at radius 1 is 1.29 bits per heavy atom. The van der Waals surface area contributed by atoms with Crippen molar-refractivity contribution < 1.29 is 4.79 Å². The van der Waals surface area contributed by atoms with Crippen molar-refractivity contribution in [2.45, 2.75) is 6.92 Å². The summed E-state index contributed by atoms with van der Waals surface area (Å²) in [5, 5.41) is 8.62. The number of aromatic nitrogens is 2. The zero-order valence-electron chi connectivity index (χ0n) is 9.23. The van der Waals surface area contributed by atoms with E-state index < -0.39 is 0 Å². The number of carbonyl (C=O) groups excluding carboxylic acids is 1. The summed E-state index contributed by atoms with van der Waals surface area (Å²) >= 11 is 0. The molecule has 5 nitrogen and oxygen atoms in total. The molecule has 0 fully saturated rings. The fourth-order valence-corrected chi connectivity index (χ4v) is 1.57. The lowest BCUT2D eigenvalue weighted by molar-refractivity contribution is -0.114. The number of nitrogens with one attached hydrogen (secondary N) is 2. The smallest absolute Gasteiger partial charge is 0.274 e. The van der Waals surface area contributed by atoms with Crippen molar-refractivity contribution in [2.24, 2.45) is 0 Å². The van der Waals surface area contributed by atoms with E-state index in [1.807, 2.05) is 18.2 Å². The Morgan fingerprint density at radius 2 is 2.00 bits per heavy atom. The summed E-state index contributed by atoms with van der Waals surface area (Å²) in [4.78, 5) is 22.8. The van der Waals surface area contributed by atoms with Crippen LogP contribution in [-0.2, 0) is 4.79 Å². The van der Waals surface area contributed by atoms with Gasteiger partial charge in [-0.25, -0.2) is 5.10 Å². The van der Waals surface area contributed by atoms with Crippen LogP contribution in [0, 0.1) is 0 Å². The predicted octanol–water partition coefficient (Wildman–Crippen LogP) is 1.40. The van der Waals surface area contributed by atoms with Gasteiger partial charge in [0.25, 0.3) is 5.56 Å². The minimum absolute atomic E-state index is 0.241. The molecule has 0 unspecified atom stereocenters. The van der Waals surface area contributed by atoms with Crippen LogP contribution in [0.15, 0.2) is 41.3 Å². The number of aromatic amines is 1. The Kier molecular flexibility index (Phi) is 3.00. The molecule has 2 N–H and O–H groups in total. The maximum atomic E-state index is 11.8. The first-order valence-electron chi connectivity index (χ1n) is 5.09. The van der Waals surface area contributed by atoms with Crippen LogP contribution in [-0.4, -0.2) is 16.1 Å². The van der Waals surface area contributed by atoms with Gasteiger partial charge in [-0.1, -0.05) is 30.3 Å². The predicted molar refractivity (Wildman–Crippen MR) is 64.6 cm³/mol. The summed E-state index contributed by atoms with van der Waals surface area (Å²) in [5.74, 6) is -0.241. The van der Waals surface area contributed by atoms with Crippen molar-refractivity contribution in [3.8, 4) is 11.1 Å². The monoisotopic (exact) mass is 229 g/mol. The molecule has 0 aliphatic heterocycles. The number of rotatable bonds is 2. The average Bonchev–Trinajstić information content (AvgIpc) is 2.29. The number of amides is 1. The van der Waals surface area contributed by atoms with E-state index in [2.05, 4.69) is 15.5 Å². The standard InChI is InChI=1S/C12H11N3O2/c1-8(16)14-10-7-13-15-12(17)11(10)9-5-3-2-4-6-9/h2-7H,1H3,(H2,14,15,16,17). The van der Waals surface area contributed by atoms with Gasteiger partial charge in [0.05, 0.1) is 17.4 Å². The van der Waals surface area contributed by atoms with Gasteiger partial charge >= 0.3 is 0 Å². The van der Waals surface area contributed by atoms with Crippen LogP contribution in [0.25, 0.3) is 11.1 Å². The topological polar surface area (TPSA) is 74.8 Å². The molecular weight excluding hydrogens is 218 g/mol. The average molecular weight is 229 g/mol. The third-order valence-corrected chi connectivity index (χ3v) is 2.23. The molecule has 0 spiro atoms. The third-order valence-electron chi connectivity index (χ3n) is 2.23. The van der Waals surface area contributed by atoms with Crippen LogP contribution in [0.4, 0.5) is 5.69 Å². The normalized spacial score (nSPS) is 9.94. The first kappa shape index (κ1) is 11.1. The third kappa shape index (κ3) is 2.39. The van der Waals surface area contributed by atoms with E-state index in [-0.39, 0.29) is 11.5 Å². The lowest BCUT2D eigenvalue weighted by Gasteiger charge is -2.07. The number of H-pyrrole nitrogens is 1. The molecule has 0 atom stereocenters. The van der Waals surface area contributed by atoms with E-state index in [9.17, 15) is 9.59 Å². The Morgan fingerprint density at radius 3 is 2.65 bits per heavy atom. The van der Waals surface area contributed by atoms with E-state index in [0.29, 0.717) is 11.3 Å². The first-order chi connectivity index (χ1) is 8.18. The first-order valence-corrected chi connectivity index (χ1v) is 5.09. The molecule has 86 valence electrons. The highest BCUT2D eigenvalue weighted by Crippen LogP contribution is 2.22. The summed E-state index contributed by atoms with van der Waals surface area (Å²) in [6, 6.07) is 9.11. The van der Waals surface area contributed by atoms with Crippen LogP contribution in [0.2, 0.25) is 0 Å². The van der Waals surface area contributed by atoms with Crippen LogP contribution < -0.4 is 10.9 Å². The van der Waals surface area contributed by atoms with Crippen molar-refractivity contribution in [2.75, 3.05) is 5.32 Å². The number of hydrogen-bond acceptors (Lipinski definition) is 3. The van der Waals surface area contributed by atoms with E-state index in [4.69, 9.17) is 0 Å². The van der Waals surface area contributed by atoms with Crippen LogP contribution >= 0.6 is 0 Å². The molecule has 5 heteroatoms. The van der Waals surface area contributed by atoms with Gasteiger partial charge in [-0.2, -0.15) is 5.10 Å². The molecular formula is C12H11N3O2. The van der Waals surface area contributed by atoms with Crippen molar-refractivity contribution in [3.63, 3.8) is 0 Å². The molecule has 0 radical (unpaired) electrons. The van der Waals surface area contributed by atoms with Gasteiger partial charge < -0.3 is 5.32 Å². The second kappa shape index (κ2) is 4.61. The zero-order valence-corrected chi connectivity index (χ0v) is 9.23. The molecule has 0 aliphatic rings. The Balaban J connectivity index is 2.59. The number of hydrogen-bond donors (Lipinski definition) is 2. The summed E-state index contributed by atoms with van der Waals surface area (Å²) < 4.78 is 0. The minimum Gasteiger partial charge on any atom is -0.324 e. The SMILES string of the molecule is CC(=O)Nc1cn[nH]c(=O)c1-c1ccccc1. The number of anilines is 1. The van der Waals surface area contributed by atoms with Crippen LogP contribution in [0.1, 0.15) is 6.92 Å². The summed E-state index contributed by atoms with van der Waals surface area (Å²) in [7, 11) is 0. The molecule has 0 bridgehead atoms. The molecule has 2 aromatic rings. The van der Waals surface area contributed by atoms with Gasteiger partial charge in [0.15, 0.2) is 0 Å². The molecule has 1 heterocycles. The van der Waals surface area contributed by atoms with Gasteiger partial charge in [-0.15, -0.1) is 0 Å². The zero-order chi connectivity index (χ0) is 12.3. The van der Waals surface area contributed by atoms with Crippen molar-refractivity contribution in [1.29, 1.82) is 0 Å². The lowest BCUT2D eigenvalue weighted by Crippen LogP contribution is -2.16. The summed E-state index contributed by atoms with van der Waals surface area (Å²) in [5.41, 5.74) is 1.23. The fourth-order valence-electron chi connectivity index (χ4n) is 1.57. The second-order valence-electron chi connectivity index (χ2n) is 3.54. The maximum absolute atomic E-state index is 11.8. The molecule has 1 aromatic heterocycles. The van der Waals surface area contributed by atoms with Gasteiger partial charge in [-0.3, -0.25) is 9.59 Å². The molecule has 1 aromatic carbocycles. The summed E-state index contributed by atoms with van der Waals surface area (Å²) in [6.07, 6.45) is 1.42. The molecule has 17 heavy (non-hydrogen) atoms. The maximum Gasteiger partial charge on any atom is 0.274 e. The Bertz CT molecular complexity index is 590. The highest BCUT2D eigenvalue weighted by atomic mass is 16.1. The van der Waals surface area contributed by atoms with E-state index >= 15 is 0 Å². The van der Waals surface area contributed by atoms with E-state index in [1.165, 1.54) is 13.1 Å². The minimum atomic E-state index is -0.331. The quantitative estimate of drug-likeness (QED) is 0.817. The largest absolute Gasteiger partial charge is 0.324 e. The Labute approximate surface area is 97.5 Å².